The van der Waals surface area contributed by atoms with Gasteiger partial charge >= 0.3 is 12.1 Å². The summed E-state index contributed by atoms with van der Waals surface area (Å²) in [6, 6.07) is -0.514. The van der Waals surface area contributed by atoms with Gasteiger partial charge in [0.25, 0.3) is 0 Å². The first-order chi connectivity index (χ1) is 6.97. The van der Waals surface area contributed by atoms with E-state index in [0.29, 0.717) is 0 Å². The minimum atomic E-state index is -1.03. The molecule has 0 unspecified atom stereocenters. The van der Waals surface area contributed by atoms with Crippen molar-refractivity contribution >= 4 is 12.1 Å². The standard InChI is InChI=1S/C11H21NO4/c1-7(11(5,6)8(13)14)12-9(15)16-10(2,3)4/h7H,1-6H3,(H,12,15)(H,13,14)/t7-/m1/s1. The molecule has 94 valence electrons. The first-order valence-electron chi connectivity index (χ1n) is 5.19. The molecule has 0 aliphatic carbocycles. The molecule has 0 rings (SSSR count). The van der Waals surface area contributed by atoms with Gasteiger partial charge in [0.05, 0.1) is 5.41 Å². The second-order valence-electron chi connectivity index (χ2n) is 5.39. The maximum absolute atomic E-state index is 11.4. The molecular weight excluding hydrogens is 210 g/mol. The zero-order chi connectivity index (χ0) is 13.1. The molecule has 0 heterocycles. The molecule has 0 saturated heterocycles. The van der Waals surface area contributed by atoms with Crippen LogP contribution in [0.2, 0.25) is 0 Å². The van der Waals surface area contributed by atoms with E-state index in [1.165, 1.54) is 0 Å². The van der Waals surface area contributed by atoms with Crippen molar-refractivity contribution in [3.8, 4) is 0 Å². The Labute approximate surface area is 96.2 Å². The van der Waals surface area contributed by atoms with Gasteiger partial charge in [0.2, 0.25) is 0 Å². The lowest BCUT2D eigenvalue weighted by Crippen LogP contribution is -2.48. The molecule has 0 radical (unpaired) electrons. The number of carbonyl (C=O) groups excluding carboxylic acids is 1. The molecule has 0 fully saturated rings. The van der Waals surface area contributed by atoms with Gasteiger partial charge < -0.3 is 15.2 Å². The van der Waals surface area contributed by atoms with Crippen molar-refractivity contribution < 1.29 is 19.4 Å². The number of hydrogen-bond acceptors (Lipinski definition) is 3. The fourth-order valence-electron chi connectivity index (χ4n) is 0.850. The van der Waals surface area contributed by atoms with Crippen molar-refractivity contribution in [2.24, 2.45) is 5.41 Å². The minimum Gasteiger partial charge on any atom is -0.481 e. The highest BCUT2D eigenvalue weighted by atomic mass is 16.6. The van der Waals surface area contributed by atoms with Crippen LogP contribution in [0.25, 0.3) is 0 Å². The summed E-state index contributed by atoms with van der Waals surface area (Å²) in [6.45, 7) is 9.99. The van der Waals surface area contributed by atoms with E-state index in [1.807, 2.05) is 0 Å². The number of nitrogens with one attached hydrogen (secondary N) is 1. The van der Waals surface area contributed by atoms with Gasteiger partial charge in [0.15, 0.2) is 0 Å². The van der Waals surface area contributed by atoms with Crippen LogP contribution in [-0.2, 0) is 9.53 Å². The van der Waals surface area contributed by atoms with E-state index < -0.39 is 29.1 Å². The van der Waals surface area contributed by atoms with Crippen LogP contribution in [0.15, 0.2) is 0 Å². The largest absolute Gasteiger partial charge is 0.481 e. The Bertz CT molecular complexity index is 278. The third-order valence-corrected chi connectivity index (χ3v) is 2.37. The predicted molar refractivity (Wildman–Crippen MR) is 60.2 cm³/mol. The Kier molecular flexibility index (Phi) is 4.35. The first kappa shape index (κ1) is 14.7. The molecule has 0 aromatic heterocycles. The highest BCUT2D eigenvalue weighted by Gasteiger charge is 2.35. The van der Waals surface area contributed by atoms with Gasteiger partial charge in [-0.05, 0) is 41.5 Å². The van der Waals surface area contributed by atoms with E-state index in [-0.39, 0.29) is 0 Å². The van der Waals surface area contributed by atoms with E-state index in [2.05, 4.69) is 5.32 Å². The summed E-state index contributed by atoms with van der Waals surface area (Å²) >= 11 is 0. The van der Waals surface area contributed by atoms with Gasteiger partial charge in [0.1, 0.15) is 5.60 Å². The fraction of sp³-hybridized carbons (Fsp3) is 0.818. The zero-order valence-electron chi connectivity index (χ0n) is 10.7. The molecule has 16 heavy (non-hydrogen) atoms. The molecule has 0 saturated carbocycles. The Morgan fingerprint density at radius 2 is 1.62 bits per heavy atom. The highest BCUT2D eigenvalue weighted by molar-refractivity contribution is 5.76. The normalized spacial score (nSPS) is 14.1. The number of alkyl carbamates (subject to hydrolysis) is 1. The number of carbonyl (C=O) groups is 2. The van der Waals surface area contributed by atoms with E-state index in [0.717, 1.165) is 0 Å². The molecule has 5 nitrogen and oxygen atoms in total. The van der Waals surface area contributed by atoms with Crippen LogP contribution in [0.4, 0.5) is 4.79 Å². The average molecular weight is 231 g/mol. The second kappa shape index (κ2) is 4.72. The lowest BCUT2D eigenvalue weighted by atomic mass is 9.86. The molecule has 5 heteroatoms. The lowest BCUT2D eigenvalue weighted by molar-refractivity contribution is -0.148. The molecule has 2 N–H and O–H groups in total. The Hall–Kier alpha value is -1.26. The van der Waals surface area contributed by atoms with Gasteiger partial charge in [0, 0.05) is 6.04 Å². The van der Waals surface area contributed by atoms with Crippen molar-refractivity contribution in [1.29, 1.82) is 0 Å². The number of rotatable bonds is 3. The van der Waals surface area contributed by atoms with Crippen molar-refractivity contribution in [3.05, 3.63) is 0 Å². The summed E-state index contributed by atoms with van der Waals surface area (Å²) in [5, 5.41) is 11.5. The molecule has 0 aliphatic rings. The van der Waals surface area contributed by atoms with E-state index in [1.54, 1.807) is 41.5 Å². The molecular formula is C11H21NO4. The number of aliphatic carboxylic acids is 1. The summed E-state index contributed by atoms with van der Waals surface area (Å²) in [5.41, 5.74) is -1.62. The van der Waals surface area contributed by atoms with Crippen molar-refractivity contribution in [1.82, 2.24) is 5.32 Å². The Morgan fingerprint density at radius 1 is 1.19 bits per heavy atom. The van der Waals surface area contributed by atoms with Gasteiger partial charge in [-0.25, -0.2) is 4.79 Å². The summed E-state index contributed by atoms with van der Waals surface area (Å²) in [5.74, 6) is -0.962. The number of hydrogen-bond donors (Lipinski definition) is 2. The molecule has 0 aromatic rings. The number of ether oxygens (including phenoxy) is 1. The molecule has 0 bridgehead atoms. The van der Waals surface area contributed by atoms with Crippen molar-refractivity contribution in [2.75, 3.05) is 0 Å². The summed E-state index contributed by atoms with van der Waals surface area (Å²) in [4.78, 5) is 22.3. The van der Waals surface area contributed by atoms with Gasteiger partial charge in [-0.15, -0.1) is 0 Å². The predicted octanol–water partition coefficient (Wildman–Crippen LogP) is 2.01. The number of carboxylic acid groups (broad SMARTS) is 1. The van der Waals surface area contributed by atoms with Gasteiger partial charge in [-0.1, -0.05) is 0 Å². The molecule has 1 atom stereocenters. The second-order valence-corrected chi connectivity index (χ2v) is 5.39. The topological polar surface area (TPSA) is 75.6 Å². The lowest BCUT2D eigenvalue weighted by Gasteiger charge is -2.29. The summed E-state index contributed by atoms with van der Waals surface area (Å²) < 4.78 is 5.04. The Balaban J connectivity index is 4.41. The number of amides is 1. The van der Waals surface area contributed by atoms with Crippen LogP contribution >= 0.6 is 0 Å². The third-order valence-electron chi connectivity index (χ3n) is 2.37. The van der Waals surface area contributed by atoms with Crippen LogP contribution < -0.4 is 5.32 Å². The van der Waals surface area contributed by atoms with Gasteiger partial charge in [-0.2, -0.15) is 0 Å². The fourth-order valence-corrected chi connectivity index (χ4v) is 0.850. The Morgan fingerprint density at radius 3 is 1.94 bits per heavy atom. The zero-order valence-corrected chi connectivity index (χ0v) is 10.7. The van der Waals surface area contributed by atoms with Gasteiger partial charge in [-0.3, -0.25) is 4.79 Å². The van der Waals surface area contributed by atoms with E-state index >= 15 is 0 Å². The molecule has 0 spiro atoms. The minimum absolute atomic E-state index is 0.514. The van der Waals surface area contributed by atoms with Crippen molar-refractivity contribution in [2.45, 2.75) is 53.2 Å². The monoisotopic (exact) mass is 231 g/mol. The smallest absolute Gasteiger partial charge is 0.407 e. The maximum atomic E-state index is 11.4. The first-order valence-corrected chi connectivity index (χ1v) is 5.19. The van der Waals surface area contributed by atoms with E-state index in [9.17, 15) is 9.59 Å². The molecule has 0 aromatic carbocycles. The third kappa shape index (κ3) is 4.51. The van der Waals surface area contributed by atoms with E-state index in [4.69, 9.17) is 9.84 Å². The van der Waals surface area contributed by atoms with Crippen LogP contribution in [0, 0.1) is 5.41 Å². The number of carboxylic acids is 1. The van der Waals surface area contributed by atoms with Crippen LogP contribution in [0.1, 0.15) is 41.5 Å². The van der Waals surface area contributed by atoms with Crippen LogP contribution in [-0.4, -0.2) is 28.8 Å². The molecule has 1 amide bonds. The highest BCUT2D eigenvalue weighted by Crippen LogP contribution is 2.21. The average Bonchev–Trinajstić information content (AvgIpc) is 1.99. The molecule has 0 aliphatic heterocycles. The van der Waals surface area contributed by atoms with Crippen LogP contribution in [0.5, 0.6) is 0 Å². The SMILES string of the molecule is C[C@@H](NC(=O)OC(C)(C)C)C(C)(C)C(=O)O. The maximum Gasteiger partial charge on any atom is 0.407 e. The summed E-state index contributed by atoms with van der Waals surface area (Å²) in [6.07, 6.45) is -0.602. The summed E-state index contributed by atoms with van der Waals surface area (Å²) in [7, 11) is 0. The van der Waals surface area contributed by atoms with Crippen LogP contribution in [0.3, 0.4) is 0 Å². The quantitative estimate of drug-likeness (QED) is 0.779. The van der Waals surface area contributed by atoms with Crippen molar-refractivity contribution in [3.63, 3.8) is 0 Å².